The van der Waals surface area contributed by atoms with Crippen LogP contribution in [0.2, 0.25) is 0 Å². The van der Waals surface area contributed by atoms with Crippen LogP contribution >= 0.6 is 15.9 Å². The zero-order chi connectivity index (χ0) is 12.7. The van der Waals surface area contributed by atoms with Crippen LogP contribution in [0.1, 0.15) is 5.56 Å². The lowest BCUT2D eigenvalue weighted by molar-refractivity contribution is 0.628. The number of hydrogen-bond acceptors (Lipinski definition) is 4. The third-order valence-electron chi connectivity index (χ3n) is 2.89. The molecule has 0 unspecified atom stereocenters. The Hall–Kier alpha value is -1.69. The molecule has 2 N–H and O–H groups in total. The SMILES string of the molecule is Nc1cc(Br)nc(N2CCc3ccc(F)cc32)n1. The van der Waals surface area contributed by atoms with Crippen molar-refractivity contribution in [1.82, 2.24) is 9.97 Å². The van der Waals surface area contributed by atoms with Gasteiger partial charge in [-0.15, -0.1) is 0 Å². The van der Waals surface area contributed by atoms with Crippen molar-refractivity contribution in [3.8, 4) is 0 Å². The molecule has 0 spiro atoms. The summed E-state index contributed by atoms with van der Waals surface area (Å²) in [6, 6.07) is 6.40. The average Bonchev–Trinajstić information content (AvgIpc) is 2.70. The van der Waals surface area contributed by atoms with Crippen molar-refractivity contribution in [3.05, 3.63) is 40.2 Å². The van der Waals surface area contributed by atoms with E-state index >= 15 is 0 Å². The van der Waals surface area contributed by atoms with Crippen molar-refractivity contribution in [2.45, 2.75) is 6.42 Å². The highest BCUT2D eigenvalue weighted by atomic mass is 79.9. The summed E-state index contributed by atoms with van der Waals surface area (Å²) in [5.41, 5.74) is 7.60. The van der Waals surface area contributed by atoms with Gasteiger partial charge in [0.1, 0.15) is 16.2 Å². The first-order valence-electron chi connectivity index (χ1n) is 5.49. The van der Waals surface area contributed by atoms with Crippen LogP contribution in [-0.4, -0.2) is 16.5 Å². The molecule has 2 aromatic rings. The zero-order valence-corrected chi connectivity index (χ0v) is 11.0. The van der Waals surface area contributed by atoms with Gasteiger partial charge in [-0.25, -0.2) is 9.37 Å². The first kappa shape index (κ1) is 11.4. The molecule has 0 fully saturated rings. The number of benzene rings is 1. The number of rotatable bonds is 1. The predicted octanol–water partition coefficient (Wildman–Crippen LogP) is 2.65. The highest BCUT2D eigenvalue weighted by Gasteiger charge is 2.23. The third-order valence-corrected chi connectivity index (χ3v) is 3.29. The molecular formula is C12H10BrFN4. The molecule has 18 heavy (non-hydrogen) atoms. The van der Waals surface area contributed by atoms with Crippen molar-refractivity contribution in [2.75, 3.05) is 17.2 Å². The van der Waals surface area contributed by atoms with Crippen LogP contribution in [0.25, 0.3) is 0 Å². The van der Waals surface area contributed by atoms with Crippen LogP contribution in [0.4, 0.5) is 21.8 Å². The van der Waals surface area contributed by atoms with Gasteiger partial charge in [0.15, 0.2) is 0 Å². The molecule has 1 aliphatic heterocycles. The first-order valence-corrected chi connectivity index (χ1v) is 6.29. The van der Waals surface area contributed by atoms with E-state index in [9.17, 15) is 4.39 Å². The Labute approximate surface area is 112 Å². The van der Waals surface area contributed by atoms with Gasteiger partial charge in [0, 0.05) is 12.6 Å². The smallest absolute Gasteiger partial charge is 0.232 e. The summed E-state index contributed by atoms with van der Waals surface area (Å²) in [5.74, 6) is 0.617. The summed E-state index contributed by atoms with van der Waals surface area (Å²) < 4.78 is 13.9. The van der Waals surface area contributed by atoms with Gasteiger partial charge in [0.2, 0.25) is 5.95 Å². The number of nitrogens with zero attached hydrogens (tertiary/aromatic N) is 3. The Bertz CT molecular complexity index is 597. The lowest BCUT2D eigenvalue weighted by atomic mass is 10.2. The van der Waals surface area contributed by atoms with Crippen LogP contribution in [0.5, 0.6) is 0 Å². The molecule has 0 saturated heterocycles. The zero-order valence-electron chi connectivity index (χ0n) is 9.40. The fraction of sp³-hybridized carbons (Fsp3) is 0.167. The van der Waals surface area contributed by atoms with Gasteiger partial charge in [-0.2, -0.15) is 4.98 Å². The summed E-state index contributed by atoms with van der Waals surface area (Å²) in [5, 5.41) is 0. The summed E-state index contributed by atoms with van der Waals surface area (Å²) >= 11 is 3.28. The number of nitrogen functional groups attached to an aromatic ring is 1. The Morgan fingerprint density at radius 3 is 2.89 bits per heavy atom. The lowest BCUT2D eigenvalue weighted by Crippen LogP contribution is -2.17. The fourth-order valence-electron chi connectivity index (χ4n) is 2.10. The Morgan fingerprint density at radius 2 is 2.11 bits per heavy atom. The van der Waals surface area contributed by atoms with E-state index in [-0.39, 0.29) is 5.82 Å². The third kappa shape index (κ3) is 1.92. The van der Waals surface area contributed by atoms with E-state index in [0.717, 1.165) is 24.2 Å². The van der Waals surface area contributed by atoms with Crippen molar-refractivity contribution in [3.63, 3.8) is 0 Å². The summed E-state index contributed by atoms with van der Waals surface area (Å²) in [6.45, 7) is 0.731. The van der Waals surface area contributed by atoms with Gasteiger partial charge in [0.05, 0.1) is 5.69 Å². The van der Waals surface area contributed by atoms with E-state index in [1.165, 1.54) is 12.1 Å². The summed E-state index contributed by atoms with van der Waals surface area (Å²) in [7, 11) is 0. The molecule has 1 aromatic carbocycles. The second-order valence-electron chi connectivity index (χ2n) is 4.09. The van der Waals surface area contributed by atoms with E-state index in [4.69, 9.17) is 5.73 Å². The number of nitrogens with two attached hydrogens (primary N) is 1. The average molecular weight is 309 g/mol. The first-order chi connectivity index (χ1) is 8.63. The van der Waals surface area contributed by atoms with Crippen molar-refractivity contribution in [2.24, 2.45) is 0 Å². The minimum absolute atomic E-state index is 0.261. The Balaban J connectivity index is 2.08. The number of anilines is 3. The quantitative estimate of drug-likeness (QED) is 0.823. The molecular weight excluding hydrogens is 299 g/mol. The molecule has 92 valence electrons. The molecule has 2 heterocycles. The predicted molar refractivity (Wildman–Crippen MR) is 71.3 cm³/mol. The molecule has 0 amide bonds. The highest BCUT2D eigenvalue weighted by molar-refractivity contribution is 9.10. The van der Waals surface area contributed by atoms with Gasteiger partial charge < -0.3 is 10.6 Å². The monoisotopic (exact) mass is 308 g/mol. The van der Waals surface area contributed by atoms with E-state index in [2.05, 4.69) is 25.9 Å². The van der Waals surface area contributed by atoms with E-state index in [0.29, 0.717) is 16.4 Å². The van der Waals surface area contributed by atoms with Crippen molar-refractivity contribution in [1.29, 1.82) is 0 Å². The van der Waals surface area contributed by atoms with Crippen molar-refractivity contribution >= 4 is 33.4 Å². The largest absolute Gasteiger partial charge is 0.383 e. The maximum absolute atomic E-state index is 13.3. The number of halogens is 2. The van der Waals surface area contributed by atoms with E-state index < -0.39 is 0 Å². The molecule has 3 rings (SSSR count). The number of fused-ring (bicyclic) bond motifs is 1. The molecule has 0 atom stereocenters. The molecule has 0 aliphatic carbocycles. The number of hydrogen-bond donors (Lipinski definition) is 1. The minimum Gasteiger partial charge on any atom is -0.383 e. The van der Waals surface area contributed by atoms with Crippen LogP contribution in [-0.2, 0) is 6.42 Å². The topological polar surface area (TPSA) is 55.0 Å². The second kappa shape index (κ2) is 4.20. The molecule has 6 heteroatoms. The fourth-order valence-corrected chi connectivity index (χ4v) is 2.50. The normalized spacial score (nSPS) is 13.8. The molecule has 4 nitrogen and oxygen atoms in total. The highest BCUT2D eigenvalue weighted by Crippen LogP contribution is 2.33. The van der Waals surface area contributed by atoms with Crippen LogP contribution in [0.3, 0.4) is 0 Å². The second-order valence-corrected chi connectivity index (χ2v) is 4.90. The lowest BCUT2D eigenvalue weighted by Gasteiger charge is -2.17. The Kier molecular flexibility index (Phi) is 2.66. The van der Waals surface area contributed by atoms with Crippen LogP contribution in [0, 0.1) is 5.82 Å². The minimum atomic E-state index is -0.261. The summed E-state index contributed by atoms with van der Waals surface area (Å²) in [4.78, 5) is 10.3. The van der Waals surface area contributed by atoms with Gasteiger partial charge >= 0.3 is 0 Å². The van der Waals surface area contributed by atoms with Gasteiger partial charge in [-0.05, 0) is 40.0 Å². The van der Waals surface area contributed by atoms with Gasteiger partial charge in [0.25, 0.3) is 0 Å². The molecule has 1 aliphatic rings. The maximum atomic E-state index is 13.3. The molecule has 1 aromatic heterocycles. The number of aromatic nitrogens is 2. The van der Waals surface area contributed by atoms with Crippen molar-refractivity contribution < 1.29 is 4.39 Å². The van der Waals surface area contributed by atoms with Gasteiger partial charge in [-0.1, -0.05) is 6.07 Å². The van der Waals surface area contributed by atoms with Crippen LogP contribution in [0.15, 0.2) is 28.9 Å². The standard InChI is InChI=1S/C12H10BrFN4/c13-10-6-11(15)17-12(16-10)18-4-3-7-1-2-8(14)5-9(7)18/h1-2,5-6H,3-4H2,(H2,15,16,17). The van der Waals surface area contributed by atoms with Crippen LogP contribution < -0.4 is 10.6 Å². The van der Waals surface area contributed by atoms with Gasteiger partial charge in [-0.3, -0.25) is 0 Å². The molecule has 0 radical (unpaired) electrons. The molecule has 0 bridgehead atoms. The van der Waals surface area contributed by atoms with E-state index in [1.54, 1.807) is 12.1 Å². The Morgan fingerprint density at radius 1 is 1.28 bits per heavy atom. The summed E-state index contributed by atoms with van der Waals surface area (Å²) in [6.07, 6.45) is 0.853. The molecule has 0 saturated carbocycles. The van der Waals surface area contributed by atoms with E-state index in [1.807, 2.05) is 4.90 Å². The maximum Gasteiger partial charge on any atom is 0.232 e.